The minimum absolute atomic E-state index is 0.105. The molecule has 1 unspecified atom stereocenters. The molecule has 4 rings (SSSR count). The van der Waals surface area contributed by atoms with Crippen LogP contribution < -0.4 is 5.32 Å². The highest BCUT2D eigenvalue weighted by Crippen LogP contribution is 2.41. The number of allylic oxidation sites excluding steroid dienone is 1. The number of hydrogen-bond donors (Lipinski definition) is 1. The minimum Gasteiger partial charge on any atom is -0.463 e. The summed E-state index contributed by atoms with van der Waals surface area (Å²) in [6.07, 6.45) is 2.26. The Morgan fingerprint density at radius 1 is 1.24 bits per heavy atom. The fraction of sp³-hybridized carbons (Fsp3) is 0.462. The predicted molar refractivity (Wildman–Crippen MR) is 140 cm³/mol. The van der Waals surface area contributed by atoms with Gasteiger partial charge >= 0.3 is 12.1 Å². The molecule has 1 N–H and O–H groups in total. The Bertz CT molecular complexity index is 1270. The molecule has 8 nitrogen and oxygen atoms in total. The summed E-state index contributed by atoms with van der Waals surface area (Å²) in [4.78, 5) is 36.6. The van der Waals surface area contributed by atoms with Crippen molar-refractivity contribution in [3.63, 3.8) is 0 Å². The van der Waals surface area contributed by atoms with E-state index in [1.807, 2.05) is 20.8 Å². The number of thiazole rings is 1. The largest absolute Gasteiger partial charge is 0.463 e. The first kappa shape index (κ1) is 28.0. The molecule has 1 saturated heterocycles. The van der Waals surface area contributed by atoms with Crippen LogP contribution in [0.25, 0.3) is 0 Å². The Morgan fingerprint density at radius 2 is 1.95 bits per heavy atom. The van der Waals surface area contributed by atoms with Crippen LogP contribution in [-0.4, -0.2) is 53.1 Å². The number of amidine groups is 1. The molecule has 1 aromatic heterocycles. The van der Waals surface area contributed by atoms with Gasteiger partial charge in [-0.15, -0.1) is 11.3 Å². The van der Waals surface area contributed by atoms with E-state index >= 15 is 0 Å². The summed E-state index contributed by atoms with van der Waals surface area (Å²) < 4.78 is 39.3. The van der Waals surface area contributed by atoms with Gasteiger partial charge in [-0.05, 0) is 46.6 Å². The summed E-state index contributed by atoms with van der Waals surface area (Å²) in [5, 5.41) is 5.15. The van der Waals surface area contributed by atoms with Gasteiger partial charge in [0.25, 0.3) is 0 Å². The monoisotopic (exact) mass is 566 g/mol. The summed E-state index contributed by atoms with van der Waals surface area (Å²) in [6, 6.07) is 1.22. The average molecular weight is 567 g/mol. The van der Waals surface area contributed by atoms with Gasteiger partial charge in [0.15, 0.2) is 22.5 Å². The number of nitrogens with zero attached hydrogens (tertiary/aromatic N) is 3. The van der Waals surface area contributed by atoms with Crippen LogP contribution in [-0.2, 0) is 14.3 Å². The molecule has 0 saturated carbocycles. The molecule has 0 radical (unpaired) electrons. The summed E-state index contributed by atoms with van der Waals surface area (Å²) >= 11 is 7.58. The van der Waals surface area contributed by atoms with Gasteiger partial charge in [-0.25, -0.2) is 23.4 Å². The second-order valence-electron chi connectivity index (χ2n) is 9.90. The van der Waals surface area contributed by atoms with Gasteiger partial charge in [0.2, 0.25) is 0 Å². The van der Waals surface area contributed by atoms with Crippen molar-refractivity contribution >= 4 is 40.8 Å². The van der Waals surface area contributed by atoms with Crippen LogP contribution in [0, 0.1) is 17.6 Å². The molecule has 1 amide bonds. The molecule has 1 fully saturated rings. The van der Waals surface area contributed by atoms with E-state index in [1.54, 1.807) is 23.4 Å². The van der Waals surface area contributed by atoms with Gasteiger partial charge in [0.05, 0.1) is 17.2 Å². The maximum atomic E-state index is 14.5. The number of halogens is 3. The summed E-state index contributed by atoms with van der Waals surface area (Å²) in [6.45, 7) is 8.02. The van der Waals surface area contributed by atoms with Gasteiger partial charge in [-0.3, -0.25) is 4.99 Å². The number of aliphatic imine (C=N–C) groups is 1. The number of likely N-dealkylation sites (tertiary alicyclic amines) is 1. The Balaban J connectivity index is 1.75. The summed E-state index contributed by atoms with van der Waals surface area (Å²) in [5.74, 6) is -2.77. The molecule has 12 heteroatoms. The van der Waals surface area contributed by atoms with Crippen molar-refractivity contribution in [1.29, 1.82) is 0 Å². The molecule has 204 valence electrons. The number of nitrogens with one attached hydrogen (secondary N) is 1. The number of piperidine rings is 1. The minimum atomic E-state index is -1.22. The first-order valence-electron chi connectivity index (χ1n) is 12.3. The third-order valence-electron chi connectivity index (χ3n) is 6.12. The van der Waals surface area contributed by atoms with Crippen LogP contribution in [0.4, 0.5) is 13.6 Å². The number of benzene rings is 1. The number of aromatic nitrogens is 1. The van der Waals surface area contributed by atoms with E-state index in [-0.39, 0.29) is 23.7 Å². The number of carbonyl (C=O) groups is 2. The lowest BCUT2D eigenvalue weighted by Gasteiger charge is -2.37. The van der Waals surface area contributed by atoms with Gasteiger partial charge in [-0.2, -0.15) is 0 Å². The van der Waals surface area contributed by atoms with E-state index in [4.69, 9.17) is 21.1 Å². The van der Waals surface area contributed by atoms with E-state index in [1.165, 1.54) is 17.4 Å². The maximum absolute atomic E-state index is 14.5. The molecule has 2 aromatic rings. The fourth-order valence-electron chi connectivity index (χ4n) is 4.42. The molecule has 0 spiro atoms. The van der Waals surface area contributed by atoms with Crippen molar-refractivity contribution in [1.82, 2.24) is 15.2 Å². The molecule has 0 bridgehead atoms. The van der Waals surface area contributed by atoms with Crippen molar-refractivity contribution in [3.8, 4) is 0 Å². The number of hydrogen-bond acceptors (Lipinski definition) is 8. The molecule has 38 heavy (non-hydrogen) atoms. The Labute approximate surface area is 228 Å². The predicted octanol–water partition coefficient (Wildman–Crippen LogP) is 5.63. The van der Waals surface area contributed by atoms with Crippen LogP contribution in [0.3, 0.4) is 0 Å². The molecular weight excluding hydrogens is 538 g/mol. The normalized spacial score (nSPS) is 18.7. The van der Waals surface area contributed by atoms with E-state index < -0.39 is 40.4 Å². The van der Waals surface area contributed by atoms with Crippen LogP contribution >= 0.6 is 22.9 Å². The first-order chi connectivity index (χ1) is 18.0. The maximum Gasteiger partial charge on any atom is 0.410 e. The number of rotatable bonds is 5. The van der Waals surface area contributed by atoms with Gasteiger partial charge in [0.1, 0.15) is 11.6 Å². The molecular formula is C26H29ClF2N4O4S. The number of ether oxygens (including phenoxy) is 2. The van der Waals surface area contributed by atoms with Crippen molar-refractivity contribution in [2.24, 2.45) is 10.9 Å². The lowest BCUT2D eigenvalue weighted by molar-refractivity contribution is -0.139. The van der Waals surface area contributed by atoms with Crippen molar-refractivity contribution in [3.05, 3.63) is 62.2 Å². The fourth-order valence-corrected chi connectivity index (χ4v) is 5.27. The molecule has 1 atom stereocenters. The van der Waals surface area contributed by atoms with Crippen molar-refractivity contribution in [2.75, 3.05) is 19.7 Å². The Kier molecular flexibility index (Phi) is 8.37. The lowest BCUT2D eigenvalue weighted by Crippen LogP contribution is -2.44. The highest BCUT2D eigenvalue weighted by molar-refractivity contribution is 7.11. The Morgan fingerprint density at radius 3 is 2.55 bits per heavy atom. The number of amides is 1. The van der Waals surface area contributed by atoms with Crippen LogP contribution in [0.5, 0.6) is 0 Å². The van der Waals surface area contributed by atoms with Crippen LogP contribution in [0.15, 0.2) is 40.0 Å². The quantitative estimate of drug-likeness (QED) is 0.372. The molecule has 2 aliphatic heterocycles. The van der Waals surface area contributed by atoms with Gasteiger partial charge < -0.3 is 19.7 Å². The first-order valence-corrected chi connectivity index (χ1v) is 13.5. The third-order valence-corrected chi connectivity index (χ3v) is 7.28. The lowest BCUT2D eigenvalue weighted by atomic mass is 9.85. The molecule has 3 heterocycles. The molecule has 0 aliphatic carbocycles. The summed E-state index contributed by atoms with van der Waals surface area (Å²) in [7, 11) is 0. The standard InChI is InChI=1S/C26H29ClF2N4O4S/c1-5-36-24(34)17-20(14-8-11-33(12-9-14)25(35)37-26(2,3)4)31-22(23-30-10-13-38-23)32-21(17)15-6-7-16(28)19(29)18(15)27/h6-7,10,13-14,21H,5,8-9,11-12H2,1-4H3,(H,31,32). The SMILES string of the molecule is CCOC(=O)C1=C(C2CCN(C(=O)OC(C)(C)C)CC2)NC(c2nccs2)=NC1c1ccc(F)c(F)c1Cl. The average Bonchev–Trinajstić information content (AvgIpc) is 3.41. The smallest absolute Gasteiger partial charge is 0.410 e. The topological polar surface area (TPSA) is 93.1 Å². The second-order valence-corrected chi connectivity index (χ2v) is 11.2. The Hall–Kier alpha value is -3.05. The van der Waals surface area contributed by atoms with Crippen LogP contribution in [0.2, 0.25) is 5.02 Å². The zero-order valence-electron chi connectivity index (χ0n) is 21.5. The zero-order valence-corrected chi connectivity index (χ0v) is 23.1. The summed E-state index contributed by atoms with van der Waals surface area (Å²) in [5.41, 5.74) is 0.219. The van der Waals surface area contributed by atoms with E-state index in [0.29, 0.717) is 42.5 Å². The van der Waals surface area contributed by atoms with E-state index in [2.05, 4.69) is 15.3 Å². The van der Waals surface area contributed by atoms with Gasteiger partial charge in [-0.1, -0.05) is 17.7 Å². The molecule has 1 aromatic carbocycles. The highest BCUT2D eigenvalue weighted by Gasteiger charge is 2.39. The highest BCUT2D eigenvalue weighted by atomic mass is 35.5. The number of carbonyl (C=O) groups excluding carboxylic acids is 2. The second kappa shape index (κ2) is 11.4. The zero-order chi connectivity index (χ0) is 27.6. The van der Waals surface area contributed by atoms with Crippen molar-refractivity contribution in [2.45, 2.75) is 52.2 Å². The van der Waals surface area contributed by atoms with Crippen LogP contribution in [0.1, 0.15) is 57.1 Å². The third kappa shape index (κ3) is 5.99. The number of esters is 1. The van der Waals surface area contributed by atoms with Gasteiger partial charge in [0, 0.05) is 41.8 Å². The van der Waals surface area contributed by atoms with Crippen molar-refractivity contribution < 1.29 is 27.8 Å². The molecule has 2 aliphatic rings. The van der Waals surface area contributed by atoms with E-state index in [9.17, 15) is 18.4 Å². The van der Waals surface area contributed by atoms with E-state index in [0.717, 1.165) is 6.07 Å².